The summed E-state index contributed by atoms with van der Waals surface area (Å²) in [5.74, 6) is 1.69. The number of carbonyl (C=O) groups is 1. The molecule has 0 aliphatic carbocycles. The molecule has 0 bridgehead atoms. The monoisotopic (exact) mass is 316 g/mol. The number of amides is 1. The Labute approximate surface area is 132 Å². The van der Waals surface area contributed by atoms with Gasteiger partial charge in [-0.1, -0.05) is 12.1 Å². The molecule has 1 aromatic heterocycles. The third-order valence-electron chi connectivity index (χ3n) is 3.86. The molecule has 2 atom stereocenters. The largest absolute Gasteiger partial charge is 0.454 e. The molecule has 1 amide bonds. The van der Waals surface area contributed by atoms with Crippen molar-refractivity contribution in [3.63, 3.8) is 0 Å². The maximum atomic E-state index is 12.1. The third-order valence-corrected chi connectivity index (χ3v) is 4.73. The van der Waals surface area contributed by atoms with Crippen molar-refractivity contribution >= 4 is 17.2 Å². The number of ether oxygens (including phenoxy) is 2. The summed E-state index contributed by atoms with van der Waals surface area (Å²) in [5.41, 5.74) is 1.14. The SMILES string of the molecule is O=C(NCc1cccs1)C1CN1Cc1ccc2c(c1)OCO2. The van der Waals surface area contributed by atoms with E-state index in [9.17, 15) is 4.79 Å². The number of fused-ring (bicyclic) bond motifs is 1. The highest BCUT2D eigenvalue weighted by atomic mass is 32.1. The van der Waals surface area contributed by atoms with Crippen LogP contribution in [0.2, 0.25) is 0 Å². The number of hydrogen-bond donors (Lipinski definition) is 1. The van der Waals surface area contributed by atoms with Crippen molar-refractivity contribution in [2.24, 2.45) is 0 Å². The zero-order valence-electron chi connectivity index (χ0n) is 12.0. The van der Waals surface area contributed by atoms with Gasteiger partial charge in [-0.3, -0.25) is 9.69 Å². The van der Waals surface area contributed by atoms with E-state index >= 15 is 0 Å². The van der Waals surface area contributed by atoms with E-state index in [2.05, 4.69) is 10.2 Å². The fourth-order valence-corrected chi connectivity index (χ4v) is 3.22. The minimum absolute atomic E-state index is 0.00890. The van der Waals surface area contributed by atoms with Crippen LogP contribution in [0.4, 0.5) is 0 Å². The van der Waals surface area contributed by atoms with Crippen LogP contribution in [-0.2, 0) is 17.9 Å². The van der Waals surface area contributed by atoms with Gasteiger partial charge in [0.25, 0.3) is 0 Å². The Kier molecular flexibility index (Phi) is 3.48. The number of carbonyl (C=O) groups excluding carboxylic acids is 1. The van der Waals surface area contributed by atoms with Gasteiger partial charge in [-0.05, 0) is 29.1 Å². The number of rotatable bonds is 5. The molecule has 0 saturated carbocycles. The summed E-state index contributed by atoms with van der Waals surface area (Å²) in [4.78, 5) is 15.4. The first-order chi connectivity index (χ1) is 10.8. The Hall–Kier alpha value is -2.05. The van der Waals surface area contributed by atoms with E-state index in [0.717, 1.165) is 30.2 Å². The van der Waals surface area contributed by atoms with E-state index < -0.39 is 0 Å². The van der Waals surface area contributed by atoms with Gasteiger partial charge in [0, 0.05) is 18.0 Å². The molecule has 2 aromatic rings. The van der Waals surface area contributed by atoms with Gasteiger partial charge < -0.3 is 14.8 Å². The third kappa shape index (κ3) is 2.80. The smallest absolute Gasteiger partial charge is 0.238 e. The zero-order valence-corrected chi connectivity index (χ0v) is 12.8. The average Bonchev–Trinajstić information content (AvgIpc) is 2.94. The van der Waals surface area contributed by atoms with E-state index in [0.29, 0.717) is 6.54 Å². The lowest BCUT2D eigenvalue weighted by Gasteiger charge is -2.06. The van der Waals surface area contributed by atoms with Crippen molar-refractivity contribution in [1.29, 1.82) is 0 Å². The van der Waals surface area contributed by atoms with E-state index in [1.54, 1.807) is 11.3 Å². The number of hydrogen-bond acceptors (Lipinski definition) is 5. The van der Waals surface area contributed by atoms with Crippen LogP contribution in [0.25, 0.3) is 0 Å². The summed E-state index contributed by atoms with van der Waals surface area (Å²) >= 11 is 1.66. The van der Waals surface area contributed by atoms with Gasteiger partial charge in [0.05, 0.1) is 6.54 Å². The van der Waals surface area contributed by atoms with Crippen molar-refractivity contribution in [2.75, 3.05) is 13.3 Å². The molecule has 0 spiro atoms. The number of nitrogens with zero attached hydrogens (tertiary/aromatic N) is 1. The molecule has 4 rings (SSSR count). The molecule has 1 fully saturated rings. The predicted molar refractivity (Wildman–Crippen MR) is 82.9 cm³/mol. The van der Waals surface area contributed by atoms with Crippen LogP contribution < -0.4 is 14.8 Å². The Balaban J connectivity index is 1.30. The van der Waals surface area contributed by atoms with Gasteiger partial charge in [-0.15, -0.1) is 11.3 Å². The summed E-state index contributed by atoms with van der Waals surface area (Å²) in [6, 6.07) is 9.95. The van der Waals surface area contributed by atoms with E-state index in [1.807, 2.05) is 35.7 Å². The molecular formula is C16H16N2O3S. The van der Waals surface area contributed by atoms with Crippen molar-refractivity contribution in [3.8, 4) is 11.5 Å². The molecule has 1 aromatic carbocycles. The van der Waals surface area contributed by atoms with E-state index in [1.165, 1.54) is 4.88 Å². The van der Waals surface area contributed by atoms with Crippen LogP contribution in [0.1, 0.15) is 10.4 Å². The first kappa shape index (κ1) is 13.6. The molecule has 1 N–H and O–H groups in total. The average molecular weight is 316 g/mol. The van der Waals surface area contributed by atoms with Gasteiger partial charge in [-0.2, -0.15) is 0 Å². The van der Waals surface area contributed by atoms with Crippen LogP contribution in [0, 0.1) is 0 Å². The Morgan fingerprint density at radius 2 is 2.23 bits per heavy atom. The maximum absolute atomic E-state index is 12.1. The normalized spacial score (nSPS) is 21.6. The summed E-state index contributed by atoms with van der Waals surface area (Å²) in [5, 5.41) is 5.01. The second-order valence-electron chi connectivity index (χ2n) is 5.43. The standard InChI is InChI=1S/C16H16N2O3S/c19-16(17-7-12-2-1-5-22-12)13-9-18(13)8-11-3-4-14-15(6-11)21-10-20-14/h1-6,13H,7-10H2,(H,17,19). The first-order valence-corrected chi connectivity index (χ1v) is 8.10. The van der Waals surface area contributed by atoms with Crippen molar-refractivity contribution in [3.05, 3.63) is 46.2 Å². The molecule has 1 saturated heterocycles. The van der Waals surface area contributed by atoms with Crippen LogP contribution in [0.15, 0.2) is 35.7 Å². The number of nitrogens with one attached hydrogen (secondary N) is 1. The van der Waals surface area contributed by atoms with Gasteiger partial charge in [0.1, 0.15) is 6.04 Å². The molecular weight excluding hydrogens is 300 g/mol. The maximum Gasteiger partial charge on any atom is 0.238 e. The highest BCUT2D eigenvalue weighted by Crippen LogP contribution is 2.33. The fourth-order valence-electron chi connectivity index (χ4n) is 2.58. The minimum Gasteiger partial charge on any atom is -0.454 e. The van der Waals surface area contributed by atoms with Crippen LogP contribution >= 0.6 is 11.3 Å². The lowest BCUT2D eigenvalue weighted by Crippen LogP contribution is -2.29. The zero-order chi connectivity index (χ0) is 14.9. The molecule has 22 heavy (non-hydrogen) atoms. The fraction of sp³-hybridized carbons (Fsp3) is 0.312. The molecule has 2 unspecified atom stereocenters. The highest BCUT2D eigenvalue weighted by molar-refractivity contribution is 7.09. The Morgan fingerprint density at radius 1 is 1.32 bits per heavy atom. The summed E-state index contributed by atoms with van der Waals surface area (Å²) in [7, 11) is 0. The number of thiophene rings is 1. The van der Waals surface area contributed by atoms with Gasteiger partial charge in [0.2, 0.25) is 12.7 Å². The summed E-state index contributed by atoms with van der Waals surface area (Å²) < 4.78 is 10.7. The topological polar surface area (TPSA) is 50.6 Å². The van der Waals surface area contributed by atoms with Crippen molar-refractivity contribution < 1.29 is 14.3 Å². The highest BCUT2D eigenvalue weighted by Gasteiger charge is 2.40. The predicted octanol–water partition coefficient (Wildman–Crippen LogP) is 1.98. The van der Waals surface area contributed by atoms with Gasteiger partial charge in [-0.25, -0.2) is 0 Å². The second kappa shape index (κ2) is 5.62. The van der Waals surface area contributed by atoms with Crippen molar-refractivity contribution in [1.82, 2.24) is 10.2 Å². The van der Waals surface area contributed by atoms with E-state index in [4.69, 9.17) is 9.47 Å². The van der Waals surface area contributed by atoms with Gasteiger partial charge in [0.15, 0.2) is 11.5 Å². The summed E-state index contributed by atoms with van der Waals surface area (Å²) in [6.07, 6.45) is 0. The number of benzene rings is 1. The lowest BCUT2D eigenvalue weighted by atomic mass is 10.2. The molecule has 2 aliphatic heterocycles. The van der Waals surface area contributed by atoms with Crippen LogP contribution in [0.5, 0.6) is 11.5 Å². The molecule has 2 aliphatic rings. The summed E-state index contributed by atoms with van der Waals surface area (Å²) in [6.45, 7) is 2.47. The lowest BCUT2D eigenvalue weighted by molar-refractivity contribution is -0.121. The molecule has 6 heteroatoms. The molecule has 0 radical (unpaired) electrons. The minimum atomic E-state index is -0.00890. The Bertz CT molecular complexity index is 687. The second-order valence-corrected chi connectivity index (χ2v) is 6.46. The first-order valence-electron chi connectivity index (χ1n) is 7.22. The van der Waals surface area contributed by atoms with Crippen LogP contribution in [-0.4, -0.2) is 30.2 Å². The van der Waals surface area contributed by atoms with Crippen molar-refractivity contribution in [2.45, 2.75) is 19.1 Å². The Morgan fingerprint density at radius 3 is 3.09 bits per heavy atom. The van der Waals surface area contributed by atoms with E-state index in [-0.39, 0.29) is 18.7 Å². The molecule has 3 heterocycles. The van der Waals surface area contributed by atoms with Gasteiger partial charge >= 0.3 is 0 Å². The quantitative estimate of drug-likeness (QED) is 0.857. The molecule has 5 nitrogen and oxygen atoms in total. The van der Waals surface area contributed by atoms with Crippen LogP contribution in [0.3, 0.4) is 0 Å². The molecule has 114 valence electrons.